The van der Waals surface area contributed by atoms with Crippen molar-refractivity contribution >= 4 is 0 Å². The van der Waals surface area contributed by atoms with Crippen LogP contribution in [0.25, 0.3) is 0 Å². The first-order chi connectivity index (χ1) is 5.02. The van der Waals surface area contributed by atoms with Crippen LogP contribution in [0.3, 0.4) is 0 Å². The molecule has 60 valence electrons. The van der Waals surface area contributed by atoms with Crippen LogP contribution in [0, 0.1) is 0 Å². The van der Waals surface area contributed by atoms with Gasteiger partial charge >= 0.3 is 0 Å². The molecule has 0 aromatic carbocycles. The van der Waals surface area contributed by atoms with E-state index in [0.29, 0.717) is 0 Å². The normalized spacial score (nSPS) is 11.5. The molecule has 0 aliphatic carbocycles. The lowest BCUT2D eigenvalue weighted by Crippen LogP contribution is -2.40. The Kier molecular flexibility index (Phi) is 1.85. The van der Waals surface area contributed by atoms with Crippen LogP contribution >= 0.6 is 0 Å². The van der Waals surface area contributed by atoms with E-state index in [2.05, 4.69) is 20.8 Å². The van der Waals surface area contributed by atoms with Crippen molar-refractivity contribution in [1.29, 1.82) is 0 Å². The average Bonchev–Trinajstić information content (AvgIpc) is 1.86. The predicted octanol–water partition coefficient (Wildman–Crippen LogP) is 1.51. The summed E-state index contributed by atoms with van der Waals surface area (Å²) in [6, 6.07) is 5.64. The Bertz CT molecular complexity index is 250. The molecule has 0 atom stereocenters. The third-order valence-electron chi connectivity index (χ3n) is 1.61. The molecule has 0 radical (unpaired) electrons. The summed E-state index contributed by atoms with van der Waals surface area (Å²) in [6.45, 7) is 6.19. The highest BCUT2D eigenvalue weighted by Gasteiger charge is 2.24. The molecule has 1 aromatic heterocycles. The van der Waals surface area contributed by atoms with Crippen LogP contribution in [-0.4, -0.2) is 5.21 Å². The number of rotatable bonds is 0. The second-order valence-electron chi connectivity index (χ2n) is 3.68. The van der Waals surface area contributed by atoms with E-state index in [-0.39, 0.29) is 5.41 Å². The number of hydrogen-bond acceptors (Lipinski definition) is 1. The molecule has 0 spiro atoms. The quantitative estimate of drug-likeness (QED) is 0.442. The number of nitrogens with zero attached hydrogens (tertiary/aromatic N) is 1. The van der Waals surface area contributed by atoms with Crippen molar-refractivity contribution in [2.75, 3.05) is 0 Å². The summed E-state index contributed by atoms with van der Waals surface area (Å²) in [6.07, 6.45) is 1.64. The van der Waals surface area contributed by atoms with E-state index in [0.717, 1.165) is 5.69 Å². The van der Waals surface area contributed by atoms with Gasteiger partial charge in [-0.3, -0.25) is 5.21 Å². The van der Waals surface area contributed by atoms with Crippen molar-refractivity contribution in [1.82, 2.24) is 0 Å². The molecule has 1 N–H and O–H groups in total. The van der Waals surface area contributed by atoms with E-state index >= 15 is 0 Å². The molecule has 1 aromatic rings. The van der Waals surface area contributed by atoms with Crippen molar-refractivity contribution in [3.63, 3.8) is 0 Å². The van der Waals surface area contributed by atoms with Crippen LogP contribution in [0.15, 0.2) is 24.4 Å². The molecule has 0 saturated carbocycles. The van der Waals surface area contributed by atoms with Crippen LogP contribution in [0.4, 0.5) is 0 Å². The zero-order valence-electron chi connectivity index (χ0n) is 7.20. The van der Waals surface area contributed by atoms with E-state index < -0.39 is 0 Å². The van der Waals surface area contributed by atoms with Crippen molar-refractivity contribution in [3.05, 3.63) is 30.1 Å². The van der Waals surface area contributed by atoms with Gasteiger partial charge in [-0.2, -0.15) is 0 Å². The van der Waals surface area contributed by atoms with Crippen LogP contribution in [-0.2, 0) is 5.41 Å². The van der Waals surface area contributed by atoms with E-state index in [1.54, 1.807) is 12.3 Å². The van der Waals surface area contributed by atoms with Gasteiger partial charge in [0, 0.05) is 16.9 Å². The van der Waals surface area contributed by atoms with Crippen molar-refractivity contribution < 1.29 is 9.94 Å². The topological polar surface area (TPSA) is 24.1 Å². The summed E-state index contributed by atoms with van der Waals surface area (Å²) in [7, 11) is 0. The standard InChI is InChI=1S/C9H14NO/c1-9(2,3)8-6-4-5-7-10(8)11/h4-7,11H,1-3H3/q+1. The van der Waals surface area contributed by atoms with Gasteiger partial charge in [-0.1, -0.05) is 20.8 Å². The molecule has 11 heavy (non-hydrogen) atoms. The maximum absolute atomic E-state index is 9.36. The van der Waals surface area contributed by atoms with Crippen LogP contribution < -0.4 is 4.73 Å². The van der Waals surface area contributed by atoms with Gasteiger partial charge in [0.2, 0.25) is 11.9 Å². The maximum Gasteiger partial charge on any atom is 0.239 e. The Morgan fingerprint density at radius 2 is 1.91 bits per heavy atom. The molecule has 1 rings (SSSR count). The molecule has 0 saturated heterocycles. The zero-order valence-corrected chi connectivity index (χ0v) is 7.20. The van der Waals surface area contributed by atoms with E-state index in [1.807, 2.05) is 12.1 Å². The molecule has 2 nitrogen and oxygen atoms in total. The third-order valence-corrected chi connectivity index (χ3v) is 1.61. The average molecular weight is 152 g/mol. The van der Waals surface area contributed by atoms with Gasteiger partial charge in [0.1, 0.15) is 0 Å². The molecule has 0 amide bonds. The van der Waals surface area contributed by atoms with Gasteiger partial charge < -0.3 is 0 Å². The van der Waals surface area contributed by atoms with Crippen LogP contribution in [0.5, 0.6) is 0 Å². The van der Waals surface area contributed by atoms with Gasteiger partial charge in [-0.25, -0.2) is 0 Å². The minimum atomic E-state index is -0.00396. The van der Waals surface area contributed by atoms with Gasteiger partial charge in [0.25, 0.3) is 0 Å². The van der Waals surface area contributed by atoms with Crippen LogP contribution in [0.2, 0.25) is 0 Å². The van der Waals surface area contributed by atoms with Gasteiger partial charge in [-0.05, 0) is 6.07 Å². The number of hydrogen-bond donors (Lipinski definition) is 1. The highest BCUT2D eigenvalue weighted by molar-refractivity contribution is 5.06. The summed E-state index contributed by atoms with van der Waals surface area (Å²) in [5.41, 5.74) is 0.913. The lowest BCUT2D eigenvalue weighted by atomic mass is 9.92. The first-order valence-electron chi connectivity index (χ1n) is 3.72. The Hall–Kier alpha value is -1.05. The summed E-state index contributed by atoms with van der Waals surface area (Å²) in [5.74, 6) is 0. The van der Waals surface area contributed by atoms with Crippen LogP contribution in [0.1, 0.15) is 26.5 Å². The SMILES string of the molecule is CC(C)(C)c1cccc[n+]1O. The minimum Gasteiger partial charge on any atom is -0.285 e. The van der Waals surface area contributed by atoms with Gasteiger partial charge in [-0.15, -0.1) is 0 Å². The molecule has 2 heteroatoms. The van der Waals surface area contributed by atoms with Crippen molar-refractivity contribution in [2.45, 2.75) is 26.2 Å². The first kappa shape index (κ1) is 8.05. The lowest BCUT2D eigenvalue weighted by Gasteiger charge is -2.12. The molecule has 1 heterocycles. The highest BCUT2D eigenvalue weighted by atomic mass is 16.5. The Morgan fingerprint density at radius 1 is 1.27 bits per heavy atom. The molecular weight excluding hydrogens is 138 g/mol. The smallest absolute Gasteiger partial charge is 0.239 e. The lowest BCUT2D eigenvalue weighted by molar-refractivity contribution is -0.911. The summed E-state index contributed by atoms with van der Waals surface area (Å²) >= 11 is 0. The first-order valence-corrected chi connectivity index (χ1v) is 3.72. The Morgan fingerprint density at radius 3 is 2.27 bits per heavy atom. The minimum absolute atomic E-state index is 0.00396. The second-order valence-corrected chi connectivity index (χ2v) is 3.68. The van der Waals surface area contributed by atoms with E-state index in [1.165, 1.54) is 4.73 Å². The fraction of sp³-hybridized carbons (Fsp3) is 0.444. The second kappa shape index (κ2) is 2.53. The summed E-state index contributed by atoms with van der Waals surface area (Å²) in [4.78, 5) is 0. The number of pyridine rings is 1. The fourth-order valence-electron chi connectivity index (χ4n) is 1.03. The van der Waals surface area contributed by atoms with E-state index in [4.69, 9.17) is 0 Å². The summed E-state index contributed by atoms with van der Waals surface area (Å²) < 4.78 is 1.17. The van der Waals surface area contributed by atoms with Gasteiger partial charge in [0.05, 0.1) is 5.41 Å². The fourth-order valence-corrected chi connectivity index (χ4v) is 1.03. The molecule has 0 unspecified atom stereocenters. The molecule has 0 aliphatic heterocycles. The Balaban J connectivity index is 3.14. The molecule has 0 aliphatic rings. The number of aromatic nitrogens is 1. The van der Waals surface area contributed by atoms with Gasteiger partial charge in [0.15, 0.2) is 0 Å². The van der Waals surface area contributed by atoms with E-state index in [9.17, 15) is 5.21 Å². The third kappa shape index (κ3) is 1.70. The molecule has 0 bridgehead atoms. The van der Waals surface area contributed by atoms with Crippen molar-refractivity contribution in [2.24, 2.45) is 0 Å². The largest absolute Gasteiger partial charge is 0.285 e. The molecular formula is C9H14NO+. The highest BCUT2D eigenvalue weighted by Crippen LogP contribution is 2.16. The predicted molar refractivity (Wildman–Crippen MR) is 42.5 cm³/mol. The van der Waals surface area contributed by atoms with Crippen molar-refractivity contribution in [3.8, 4) is 0 Å². The Labute approximate surface area is 67.1 Å². The molecule has 0 fully saturated rings. The zero-order chi connectivity index (χ0) is 8.48. The summed E-state index contributed by atoms with van der Waals surface area (Å²) in [5, 5.41) is 9.36. The maximum atomic E-state index is 9.36. The monoisotopic (exact) mass is 152 g/mol.